The zero-order valence-electron chi connectivity index (χ0n) is 3.48. The lowest BCUT2D eigenvalue weighted by Gasteiger charge is -1.71. The minimum absolute atomic E-state index is 0.300. The van der Waals surface area contributed by atoms with Crippen LogP contribution in [0.3, 0.4) is 0 Å². The van der Waals surface area contributed by atoms with Crippen molar-refractivity contribution < 1.29 is 8.60 Å². The summed E-state index contributed by atoms with van der Waals surface area (Å²) >= 11 is 0.300. The molecular formula is C3H6FOS+. The van der Waals surface area contributed by atoms with Crippen LogP contribution in [0.4, 0.5) is 4.39 Å². The number of rotatable bonds is 2. The molecule has 6 heavy (non-hydrogen) atoms. The molecule has 1 nitrogen and oxygen atoms in total. The first kappa shape index (κ1) is 5.95. The van der Waals surface area contributed by atoms with Crippen molar-refractivity contribution in [3.05, 3.63) is 0 Å². The average molecular weight is 109 g/mol. The molecule has 3 heteroatoms. The highest BCUT2D eigenvalue weighted by atomic mass is 32.1. The highest BCUT2D eigenvalue weighted by molar-refractivity contribution is 7.66. The zero-order valence-corrected chi connectivity index (χ0v) is 4.30. The van der Waals surface area contributed by atoms with Crippen molar-refractivity contribution in [3.8, 4) is 0 Å². The van der Waals surface area contributed by atoms with Gasteiger partial charge in [-0.3, -0.25) is 0 Å². The highest BCUT2D eigenvalue weighted by Crippen LogP contribution is 1.81. The molecular weight excluding hydrogens is 103 g/mol. The summed E-state index contributed by atoms with van der Waals surface area (Å²) in [4.78, 5) is 0. The van der Waals surface area contributed by atoms with Gasteiger partial charge in [0.25, 0.3) is 5.25 Å². The van der Waals surface area contributed by atoms with Crippen molar-refractivity contribution >= 4 is 11.7 Å². The van der Waals surface area contributed by atoms with Gasteiger partial charge in [-0.2, -0.15) is 0 Å². The van der Waals surface area contributed by atoms with E-state index in [1.165, 1.54) is 0 Å². The van der Waals surface area contributed by atoms with Crippen LogP contribution in [0.1, 0.15) is 6.92 Å². The van der Waals surface area contributed by atoms with E-state index in [1.807, 2.05) is 0 Å². The summed E-state index contributed by atoms with van der Waals surface area (Å²) < 4.78 is 20.7. The Balaban J connectivity index is 2.96. The first-order valence-electron chi connectivity index (χ1n) is 1.66. The van der Waals surface area contributed by atoms with Crippen molar-refractivity contribution in [2.75, 3.05) is 6.67 Å². The number of halogens is 1. The molecule has 0 aromatic heterocycles. The largest absolute Gasteiger partial charge is 0.464 e. The minimum Gasteiger partial charge on any atom is -0.245 e. The summed E-state index contributed by atoms with van der Waals surface area (Å²) in [6.07, 6.45) is 0. The Morgan fingerprint density at radius 3 is 2.50 bits per heavy atom. The van der Waals surface area contributed by atoms with E-state index in [0.717, 1.165) is 0 Å². The van der Waals surface area contributed by atoms with Crippen LogP contribution in [-0.2, 0) is 15.9 Å². The first-order valence-corrected chi connectivity index (χ1v) is 2.46. The number of hydrogen-bond acceptors (Lipinski definition) is 1. The maximum atomic E-state index is 11.2. The quantitative estimate of drug-likeness (QED) is 0.479. The lowest BCUT2D eigenvalue weighted by molar-refractivity contribution is 0.487. The Bertz CT molecular complexity index is 48.1. The predicted molar refractivity (Wildman–Crippen MR) is 23.5 cm³/mol. The van der Waals surface area contributed by atoms with Gasteiger partial charge in [-0.05, 0) is 6.92 Å². The smallest absolute Gasteiger partial charge is 0.245 e. The summed E-state index contributed by atoms with van der Waals surface area (Å²) in [6.45, 7) is 1.03. The molecule has 0 aromatic rings. The van der Waals surface area contributed by atoms with Gasteiger partial charge in [0.05, 0.1) is 0 Å². The average Bonchev–Trinajstić information content (AvgIpc) is 1.65. The van der Waals surface area contributed by atoms with Gasteiger partial charge in [-0.1, -0.05) is 0 Å². The summed E-state index contributed by atoms with van der Waals surface area (Å²) in [5.41, 5.74) is 0. The third-order valence-electron chi connectivity index (χ3n) is 0.382. The molecule has 0 aromatic carbocycles. The Morgan fingerprint density at radius 1 is 2.00 bits per heavy atom. The van der Waals surface area contributed by atoms with Gasteiger partial charge in [0, 0.05) is 4.21 Å². The van der Waals surface area contributed by atoms with E-state index >= 15 is 0 Å². The van der Waals surface area contributed by atoms with Crippen molar-refractivity contribution in [1.82, 2.24) is 0 Å². The van der Waals surface area contributed by atoms with Gasteiger partial charge in [-0.25, -0.2) is 4.39 Å². The van der Waals surface area contributed by atoms with Crippen LogP contribution in [0.15, 0.2) is 0 Å². The van der Waals surface area contributed by atoms with Gasteiger partial charge >= 0.3 is 11.7 Å². The molecule has 1 atom stereocenters. The Labute approximate surface area is 40.0 Å². The molecule has 0 aliphatic heterocycles. The Morgan fingerprint density at radius 2 is 2.50 bits per heavy atom. The molecule has 0 bridgehead atoms. The maximum absolute atomic E-state index is 11.2. The van der Waals surface area contributed by atoms with Crippen molar-refractivity contribution in [3.63, 3.8) is 0 Å². The SMILES string of the molecule is C[C@H](CF)[S+]=O. The predicted octanol–water partition coefficient (Wildman–Crippen LogP) is 0.772. The standard InChI is InChI=1S/C3H6FOS/c1-3(2-4)6-5/h3H,2H2,1H3/q+1/t3-/m1/s1. The molecule has 0 heterocycles. The fourth-order valence-corrected chi connectivity index (χ4v) is 0.0772. The monoisotopic (exact) mass is 109 g/mol. The Hall–Kier alpha value is -0.0500. The van der Waals surface area contributed by atoms with E-state index in [0.29, 0.717) is 11.7 Å². The van der Waals surface area contributed by atoms with Crippen molar-refractivity contribution in [2.45, 2.75) is 12.2 Å². The van der Waals surface area contributed by atoms with Crippen LogP contribution in [0.25, 0.3) is 0 Å². The molecule has 0 fully saturated rings. The molecule has 0 spiro atoms. The van der Waals surface area contributed by atoms with Gasteiger partial charge in [-0.15, -0.1) is 0 Å². The fraction of sp³-hybridized carbons (Fsp3) is 1.00. The summed E-state index contributed by atoms with van der Waals surface area (Å²) in [5, 5.41) is -0.370. The minimum atomic E-state index is -0.520. The lowest BCUT2D eigenvalue weighted by Crippen LogP contribution is -1.99. The van der Waals surface area contributed by atoms with E-state index in [4.69, 9.17) is 0 Å². The third-order valence-corrected chi connectivity index (χ3v) is 0.836. The van der Waals surface area contributed by atoms with Crippen LogP contribution in [0, 0.1) is 0 Å². The topological polar surface area (TPSA) is 17.1 Å². The molecule has 0 N–H and O–H groups in total. The van der Waals surface area contributed by atoms with E-state index in [1.54, 1.807) is 6.92 Å². The molecule has 0 saturated heterocycles. The second-order valence-corrected chi connectivity index (χ2v) is 2.06. The Kier molecular flexibility index (Phi) is 3.13. The van der Waals surface area contributed by atoms with Crippen molar-refractivity contribution in [1.29, 1.82) is 0 Å². The summed E-state index contributed by atoms with van der Waals surface area (Å²) in [6, 6.07) is 0. The molecule has 0 saturated carbocycles. The van der Waals surface area contributed by atoms with Crippen molar-refractivity contribution in [2.24, 2.45) is 0 Å². The van der Waals surface area contributed by atoms with Gasteiger partial charge in [0.15, 0.2) is 6.67 Å². The highest BCUT2D eigenvalue weighted by Gasteiger charge is 2.11. The molecule has 0 aliphatic carbocycles. The second-order valence-electron chi connectivity index (χ2n) is 1.06. The van der Waals surface area contributed by atoms with Crippen LogP contribution < -0.4 is 0 Å². The molecule has 0 amide bonds. The normalized spacial score (nSPS) is 13.7. The van der Waals surface area contributed by atoms with Crippen LogP contribution in [-0.4, -0.2) is 11.9 Å². The first-order chi connectivity index (χ1) is 2.81. The van der Waals surface area contributed by atoms with Crippen LogP contribution in [0.5, 0.6) is 0 Å². The van der Waals surface area contributed by atoms with E-state index in [9.17, 15) is 8.60 Å². The second kappa shape index (κ2) is 3.15. The van der Waals surface area contributed by atoms with E-state index in [2.05, 4.69) is 0 Å². The molecule has 36 valence electrons. The van der Waals surface area contributed by atoms with Crippen LogP contribution in [0.2, 0.25) is 0 Å². The van der Waals surface area contributed by atoms with Gasteiger partial charge in [0.1, 0.15) is 0 Å². The third kappa shape index (κ3) is 2.20. The number of hydrogen-bond donors (Lipinski definition) is 0. The fourth-order valence-electron chi connectivity index (χ4n) is 0.0257. The lowest BCUT2D eigenvalue weighted by atomic mass is 10.5. The maximum Gasteiger partial charge on any atom is 0.464 e. The zero-order chi connectivity index (χ0) is 4.99. The van der Waals surface area contributed by atoms with E-state index in [-0.39, 0.29) is 5.25 Å². The summed E-state index contributed by atoms with van der Waals surface area (Å²) in [7, 11) is 0. The van der Waals surface area contributed by atoms with E-state index < -0.39 is 6.67 Å². The number of alkyl halides is 1. The summed E-state index contributed by atoms with van der Waals surface area (Å²) in [5.74, 6) is 0. The van der Waals surface area contributed by atoms with Crippen LogP contribution >= 0.6 is 0 Å². The van der Waals surface area contributed by atoms with Gasteiger partial charge in [0.2, 0.25) is 0 Å². The molecule has 0 rings (SSSR count). The van der Waals surface area contributed by atoms with Gasteiger partial charge < -0.3 is 0 Å². The molecule has 0 radical (unpaired) electrons. The molecule has 0 unspecified atom stereocenters. The molecule has 0 aliphatic rings.